The Kier molecular flexibility index (Phi) is 4.94. The van der Waals surface area contributed by atoms with Crippen molar-refractivity contribution in [3.63, 3.8) is 0 Å². The number of nitrogen functional groups attached to an aromatic ring is 1. The molecular formula is C13H21N3O2S. The van der Waals surface area contributed by atoms with Crippen molar-refractivity contribution >= 4 is 21.5 Å². The molecule has 0 unspecified atom stereocenters. The number of benzene rings is 1. The van der Waals surface area contributed by atoms with E-state index in [2.05, 4.69) is 0 Å². The smallest absolute Gasteiger partial charge is 0.234 e. The van der Waals surface area contributed by atoms with Gasteiger partial charge < -0.3 is 5.73 Å². The van der Waals surface area contributed by atoms with Crippen LogP contribution in [0.5, 0.6) is 0 Å². The lowest BCUT2D eigenvalue weighted by molar-refractivity contribution is 0.572. The van der Waals surface area contributed by atoms with Gasteiger partial charge >= 0.3 is 0 Å². The summed E-state index contributed by atoms with van der Waals surface area (Å²) in [6.07, 6.45) is 0.637. The van der Waals surface area contributed by atoms with Crippen LogP contribution in [0.2, 0.25) is 0 Å². The normalized spacial score (nSPS) is 11.6. The Morgan fingerprint density at radius 1 is 1.32 bits per heavy atom. The first-order valence-electron chi connectivity index (χ1n) is 6.15. The fourth-order valence-corrected chi connectivity index (χ4v) is 3.02. The molecule has 0 radical (unpaired) electrons. The lowest BCUT2D eigenvalue weighted by atomic mass is 10.2. The minimum Gasteiger partial charge on any atom is -0.384 e. The van der Waals surface area contributed by atoms with Crippen molar-refractivity contribution in [3.8, 4) is 0 Å². The second-order valence-corrected chi connectivity index (χ2v) is 7.05. The summed E-state index contributed by atoms with van der Waals surface area (Å²) in [6.45, 7) is 3.99. The van der Waals surface area contributed by atoms with E-state index in [0.717, 1.165) is 0 Å². The highest BCUT2D eigenvalue weighted by atomic mass is 32.2. The first-order chi connectivity index (χ1) is 8.74. The third-order valence-corrected chi connectivity index (χ3v) is 4.71. The monoisotopic (exact) mass is 283 g/mol. The molecule has 5 nitrogen and oxygen atoms in total. The molecule has 0 aromatic heterocycles. The first kappa shape index (κ1) is 15.5. The number of sulfonamides is 1. The number of nitrogens with one attached hydrogen (secondary N) is 1. The summed E-state index contributed by atoms with van der Waals surface area (Å²) in [7, 11) is -1.75. The highest BCUT2D eigenvalue weighted by Gasteiger charge is 2.18. The van der Waals surface area contributed by atoms with Crippen LogP contribution in [0.4, 0.5) is 5.69 Å². The summed E-state index contributed by atoms with van der Waals surface area (Å²) in [5, 5.41) is 7.30. The zero-order valence-corrected chi connectivity index (χ0v) is 12.4. The third kappa shape index (κ3) is 4.24. The molecule has 0 saturated heterocycles. The number of hydrogen-bond donors (Lipinski definition) is 2. The Balaban J connectivity index is 2.87. The first-order valence-corrected chi connectivity index (χ1v) is 7.76. The van der Waals surface area contributed by atoms with E-state index in [1.165, 1.54) is 4.31 Å². The summed E-state index contributed by atoms with van der Waals surface area (Å²) in [5.41, 5.74) is 6.52. The average molecular weight is 283 g/mol. The Morgan fingerprint density at radius 3 is 2.26 bits per heavy atom. The van der Waals surface area contributed by atoms with Gasteiger partial charge in [0.2, 0.25) is 10.0 Å². The van der Waals surface area contributed by atoms with Gasteiger partial charge in [-0.2, -0.15) is 0 Å². The number of rotatable bonds is 6. The van der Waals surface area contributed by atoms with E-state index < -0.39 is 10.0 Å². The van der Waals surface area contributed by atoms with Crippen LogP contribution in [-0.4, -0.2) is 27.1 Å². The van der Waals surface area contributed by atoms with Gasteiger partial charge in [0.15, 0.2) is 0 Å². The minimum absolute atomic E-state index is 0.0307. The van der Waals surface area contributed by atoms with Gasteiger partial charge in [-0.1, -0.05) is 13.8 Å². The maximum absolute atomic E-state index is 12.1. The average Bonchev–Trinajstić information content (AvgIpc) is 2.35. The fourth-order valence-electron chi connectivity index (χ4n) is 1.53. The van der Waals surface area contributed by atoms with Crippen LogP contribution in [0.3, 0.4) is 0 Å². The Labute approximate surface area is 115 Å². The number of anilines is 1. The van der Waals surface area contributed by atoms with Gasteiger partial charge in [-0.05, 0) is 36.6 Å². The predicted octanol–water partition coefficient (Wildman–Crippen LogP) is 1.78. The molecule has 0 heterocycles. The van der Waals surface area contributed by atoms with Gasteiger partial charge in [-0.3, -0.25) is 9.71 Å². The SMILES string of the molecule is CC(C)CCS(=O)(=O)N(C)c1ccc(C(=N)N)cc1. The standard InChI is InChI=1S/C13H21N3O2S/c1-10(2)8-9-19(17,18)16(3)12-6-4-11(5-7-12)13(14)15/h4-7,10H,8-9H2,1-3H3,(H3,14,15). The van der Waals surface area contributed by atoms with Gasteiger partial charge in [0.25, 0.3) is 0 Å². The van der Waals surface area contributed by atoms with E-state index in [1.54, 1.807) is 31.3 Å². The zero-order chi connectivity index (χ0) is 14.6. The molecule has 1 aromatic carbocycles. The van der Waals surface area contributed by atoms with Crippen LogP contribution in [0, 0.1) is 11.3 Å². The number of amidine groups is 1. The fraction of sp³-hybridized carbons (Fsp3) is 0.462. The lowest BCUT2D eigenvalue weighted by Gasteiger charge is -2.20. The van der Waals surface area contributed by atoms with Crippen molar-refractivity contribution < 1.29 is 8.42 Å². The number of hydrogen-bond acceptors (Lipinski definition) is 3. The largest absolute Gasteiger partial charge is 0.384 e. The van der Waals surface area contributed by atoms with Gasteiger partial charge in [0, 0.05) is 12.6 Å². The van der Waals surface area contributed by atoms with E-state index in [4.69, 9.17) is 11.1 Å². The molecule has 0 aliphatic heterocycles. The van der Waals surface area contributed by atoms with Crippen molar-refractivity contribution in [3.05, 3.63) is 29.8 Å². The van der Waals surface area contributed by atoms with Crippen LogP contribution < -0.4 is 10.0 Å². The molecule has 106 valence electrons. The molecule has 1 rings (SSSR count). The second-order valence-electron chi connectivity index (χ2n) is 4.93. The van der Waals surface area contributed by atoms with Crippen molar-refractivity contribution in [2.75, 3.05) is 17.1 Å². The molecule has 0 fully saturated rings. The Hall–Kier alpha value is -1.56. The number of nitrogens with two attached hydrogens (primary N) is 1. The molecule has 0 aliphatic rings. The Bertz CT molecular complexity index is 536. The summed E-state index contributed by atoms with van der Waals surface area (Å²) < 4.78 is 25.5. The van der Waals surface area contributed by atoms with E-state index >= 15 is 0 Å². The molecule has 0 atom stereocenters. The topological polar surface area (TPSA) is 87.2 Å². The molecule has 0 bridgehead atoms. The predicted molar refractivity (Wildman–Crippen MR) is 79.1 cm³/mol. The van der Waals surface area contributed by atoms with E-state index in [-0.39, 0.29) is 11.6 Å². The highest BCUT2D eigenvalue weighted by molar-refractivity contribution is 7.92. The Morgan fingerprint density at radius 2 is 1.84 bits per heavy atom. The summed E-state index contributed by atoms with van der Waals surface area (Å²) in [6, 6.07) is 6.60. The third-order valence-electron chi connectivity index (χ3n) is 2.91. The second kappa shape index (κ2) is 6.06. The van der Waals surface area contributed by atoms with Gasteiger partial charge in [-0.15, -0.1) is 0 Å². The number of nitrogens with zero attached hydrogens (tertiary/aromatic N) is 1. The summed E-state index contributed by atoms with van der Waals surface area (Å²) >= 11 is 0. The van der Waals surface area contributed by atoms with Crippen LogP contribution in [0.25, 0.3) is 0 Å². The van der Waals surface area contributed by atoms with Gasteiger partial charge in [0.05, 0.1) is 11.4 Å². The summed E-state index contributed by atoms with van der Waals surface area (Å²) in [5.74, 6) is 0.454. The zero-order valence-electron chi connectivity index (χ0n) is 11.6. The van der Waals surface area contributed by atoms with Gasteiger partial charge in [0.1, 0.15) is 5.84 Å². The molecule has 0 amide bonds. The molecule has 19 heavy (non-hydrogen) atoms. The van der Waals surface area contributed by atoms with Crippen molar-refractivity contribution in [1.82, 2.24) is 0 Å². The van der Waals surface area contributed by atoms with Crippen molar-refractivity contribution in [1.29, 1.82) is 5.41 Å². The molecule has 6 heteroatoms. The summed E-state index contributed by atoms with van der Waals surface area (Å²) in [4.78, 5) is 0. The van der Waals surface area contributed by atoms with Crippen LogP contribution in [0.1, 0.15) is 25.8 Å². The highest BCUT2D eigenvalue weighted by Crippen LogP contribution is 2.18. The molecular weight excluding hydrogens is 262 g/mol. The van der Waals surface area contributed by atoms with E-state index in [0.29, 0.717) is 23.6 Å². The maximum atomic E-state index is 12.1. The van der Waals surface area contributed by atoms with Crippen LogP contribution in [-0.2, 0) is 10.0 Å². The van der Waals surface area contributed by atoms with Crippen molar-refractivity contribution in [2.24, 2.45) is 11.7 Å². The van der Waals surface area contributed by atoms with E-state index in [1.807, 2.05) is 13.8 Å². The van der Waals surface area contributed by atoms with E-state index in [9.17, 15) is 8.42 Å². The molecule has 0 spiro atoms. The minimum atomic E-state index is -3.29. The maximum Gasteiger partial charge on any atom is 0.234 e. The molecule has 1 aromatic rings. The van der Waals surface area contributed by atoms with Crippen LogP contribution in [0.15, 0.2) is 24.3 Å². The van der Waals surface area contributed by atoms with Crippen LogP contribution >= 0.6 is 0 Å². The lowest BCUT2D eigenvalue weighted by Crippen LogP contribution is -2.29. The van der Waals surface area contributed by atoms with Crippen molar-refractivity contribution in [2.45, 2.75) is 20.3 Å². The van der Waals surface area contributed by atoms with Gasteiger partial charge in [-0.25, -0.2) is 8.42 Å². The quantitative estimate of drug-likeness (QED) is 0.616. The molecule has 0 saturated carbocycles. The molecule has 3 N–H and O–H groups in total. The molecule has 0 aliphatic carbocycles.